The van der Waals surface area contributed by atoms with Gasteiger partial charge in [0.25, 0.3) is 0 Å². The smallest absolute Gasteiger partial charge is 0.244 e. The van der Waals surface area contributed by atoms with Crippen LogP contribution >= 0.6 is 11.3 Å². The van der Waals surface area contributed by atoms with Crippen molar-refractivity contribution in [1.82, 2.24) is 5.32 Å². The third-order valence-corrected chi connectivity index (χ3v) is 5.81. The van der Waals surface area contributed by atoms with Crippen LogP contribution in [0.15, 0.2) is 41.8 Å². The number of rotatable bonds is 6. The summed E-state index contributed by atoms with van der Waals surface area (Å²) in [6, 6.07) is 8.74. The molecule has 1 aromatic heterocycles. The van der Waals surface area contributed by atoms with Crippen molar-refractivity contribution in [3.8, 4) is 0 Å². The van der Waals surface area contributed by atoms with E-state index in [1.807, 2.05) is 23.6 Å². The Balaban J connectivity index is 1.66. The zero-order chi connectivity index (χ0) is 17.7. The van der Waals surface area contributed by atoms with Crippen molar-refractivity contribution in [2.24, 2.45) is 0 Å². The first-order chi connectivity index (χ1) is 12.1. The summed E-state index contributed by atoms with van der Waals surface area (Å²) < 4.78 is 14.3. The van der Waals surface area contributed by atoms with Gasteiger partial charge in [-0.2, -0.15) is 0 Å². The summed E-state index contributed by atoms with van der Waals surface area (Å²) in [5.41, 5.74) is 1.25. The summed E-state index contributed by atoms with van der Waals surface area (Å²) in [6.45, 7) is 0.450. The van der Waals surface area contributed by atoms with Crippen LogP contribution in [0, 0.1) is 5.82 Å². The number of carbonyl (C=O) groups is 1. The number of hydrogen-bond acceptors (Lipinski definition) is 3. The fraction of sp³-hybridized carbons (Fsp3) is 0.350. The number of benzene rings is 1. The molecule has 0 bridgehead atoms. The summed E-state index contributed by atoms with van der Waals surface area (Å²) in [4.78, 5) is 13.1. The maximum atomic E-state index is 14.3. The van der Waals surface area contributed by atoms with Gasteiger partial charge in [-0.05, 0) is 47.6 Å². The number of amides is 1. The van der Waals surface area contributed by atoms with Crippen LogP contribution in [0.1, 0.15) is 41.7 Å². The minimum atomic E-state index is -0.304. The summed E-state index contributed by atoms with van der Waals surface area (Å²) in [5.74, 6) is -0.370. The zero-order valence-electron chi connectivity index (χ0n) is 14.0. The lowest BCUT2D eigenvalue weighted by Crippen LogP contribution is -2.39. The Kier molecular flexibility index (Phi) is 5.66. The molecule has 0 atom stereocenters. The summed E-state index contributed by atoms with van der Waals surface area (Å²) in [5, 5.41) is 13.9. The first-order valence-corrected chi connectivity index (χ1v) is 9.40. The molecule has 0 unspecified atom stereocenters. The van der Waals surface area contributed by atoms with E-state index >= 15 is 0 Å². The number of aliphatic hydroxyl groups is 1. The second kappa shape index (κ2) is 7.93. The minimum absolute atomic E-state index is 0.00168. The molecule has 1 aliphatic rings. The van der Waals surface area contributed by atoms with Gasteiger partial charge in [0.15, 0.2) is 0 Å². The number of halogens is 1. The van der Waals surface area contributed by atoms with Crippen molar-refractivity contribution in [3.05, 3.63) is 63.6 Å². The highest BCUT2D eigenvalue weighted by Gasteiger charge is 2.37. The van der Waals surface area contributed by atoms with E-state index < -0.39 is 0 Å². The Hall–Kier alpha value is -1.98. The van der Waals surface area contributed by atoms with Crippen molar-refractivity contribution in [2.45, 2.75) is 37.7 Å². The third kappa shape index (κ3) is 4.17. The molecule has 3 nitrogen and oxygen atoms in total. The number of thiophene rings is 1. The fourth-order valence-corrected chi connectivity index (χ4v) is 4.32. The monoisotopic (exact) mass is 359 g/mol. The predicted molar refractivity (Wildman–Crippen MR) is 98.8 cm³/mol. The van der Waals surface area contributed by atoms with Gasteiger partial charge in [-0.15, -0.1) is 11.3 Å². The van der Waals surface area contributed by atoms with Crippen LogP contribution < -0.4 is 5.32 Å². The Bertz CT molecular complexity index is 763. The van der Waals surface area contributed by atoms with E-state index in [0.29, 0.717) is 12.1 Å². The van der Waals surface area contributed by atoms with E-state index in [9.17, 15) is 9.18 Å². The summed E-state index contributed by atoms with van der Waals surface area (Å²) in [7, 11) is 0. The Morgan fingerprint density at radius 2 is 2.08 bits per heavy atom. The molecule has 0 radical (unpaired) electrons. The van der Waals surface area contributed by atoms with Gasteiger partial charge in [-0.25, -0.2) is 4.39 Å². The van der Waals surface area contributed by atoms with Crippen LogP contribution in [0.2, 0.25) is 0 Å². The number of carbonyl (C=O) groups excluding carboxylic acids is 1. The molecular weight excluding hydrogens is 337 g/mol. The van der Waals surface area contributed by atoms with Crippen LogP contribution in [-0.4, -0.2) is 17.6 Å². The molecule has 1 amide bonds. The average molecular weight is 359 g/mol. The molecular formula is C20H22FNO2S. The van der Waals surface area contributed by atoms with Gasteiger partial charge in [0.05, 0.1) is 6.61 Å². The molecule has 3 rings (SSSR count). The van der Waals surface area contributed by atoms with E-state index in [4.69, 9.17) is 5.11 Å². The molecule has 132 valence electrons. The largest absolute Gasteiger partial charge is 0.392 e. The molecule has 5 heteroatoms. The molecule has 0 saturated heterocycles. The van der Waals surface area contributed by atoms with Crippen LogP contribution in [0.3, 0.4) is 0 Å². The van der Waals surface area contributed by atoms with Crippen LogP contribution in [0.4, 0.5) is 4.39 Å². The molecule has 1 saturated carbocycles. The molecule has 0 spiro atoms. The quantitative estimate of drug-likeness (QED) is 0.766. The summed E-state index contributed by atoms with van der Waals surface area (Å²) >= 11 is 1.48. The minimum Gasteiger partial charge on any atom is -0.392 e. The third-order valence-electron chi connectivity index (χ3n) is 4.86. The van der Waals surface area contributed by atoms with Gasteiger partial charge >= 0.3 is 0 Å². The van der Waals surface area contributed by atoms with Gasteiger partial charge in [-0.3, -0.25) is 4.79 Å². The topological polar surface area (TPSA) is 49.3 Å². The van der Waals surface area contributed by atoms with Crippen LogP contribution in [0.25, 0.3) is 6.08 Å². The van der Waals surface area contributed by atoms with Crippen molar-refractivity contribution in [1.29, 1.82) is 0 Å². The van der Waals surface area contributed by atoms with E-state index in [1.165, 1.54) is 23.5 Å². The van der Waals surface area contributed by atoms with Crippen molar-refractivity contribution < 1.29 is 14.3 Å². The van der Waals surface area contributed by atoms with E-state index in [2.05, 4.69) is 5.32 Å². The Labute approximate surface area is 151 Å². The highest BCUT2D eigenvalue weighted by atomic mass is 32.1. The van der Waals surface area contributed by atoms with Crippen molar-refractivity contribution >= 4 is 23.3 Å². The SMILES string of the molecule is O=C(/C=C/c1cc(CO)cs1)NCC1(c2ccccc2F)CCCC1. The van der Waals surface area contributed by atoms with Gasteiger partial charge in [0.1, 0.15) is 5.82 Å². The second-order valence-corrected chi connectivity index (χ2v) is 7.48. The van der Waals surface area contributed by atoms with E-state index in [1.54, 1.807) is 12.1 Å². The molecule has 2 N–H and O–H groups in total. The highest BCUT2D eigenvalue weighted by molar-refractivity contribution is 7.11. The summed E-state index contributed by atoms with van der Waals surface area (Å²) in [6.07, 6.45) is 7.13. The predicted octanol–water partition coefficient (Wildman–Crippen LogP) is 4.02. The lowest BCUT2D eigenvalue weighted by atomic mass is 9.78. The maximum absolute atomic E-state index is 14.3. The second-order valence-electron chi connectivity index (χ2n) is 6.53. The number of hydrogen-bond donors (Lipinski definition) is 2. The van der Waals surface area contributed by atoms with Crippen molar-refractivity contribution in [2.75, 3.05) is 6.54 Å². The van der Waals surface area contributed by atoms with Gasteiger partial charge in [-0.1, -0.05) is 31.0 Å². The number of aliphatic hydroxyl groups excluding tert-OH is 1. The van der Waals surface area contributed by atoms with Gasteiger partial charge in [0.2, 0.25) is 5.91 Å². The standard InChI is InChI=1S/C20H22FNO2S/c21-18-6-2-1-5-17(18)20(9-3-4-10-20)14-22-19(24)8-7-16-11-15(12-23)13-25-16/h1-2,5-8,11,13,23H,3-4,9-10,12,14H2,(H,22,24)/b8-7+. The molecule has 0 aliphatic heterocycles. The maximum Gasteiger partial charge on any atom is 0.244 e. The fourth-order valence-electron chi connectivity index (χ4n) is 3.52. The van der Waals surface area contributed by atoms with Crippen LogP contribution in [-0.2, 0) is 16.8 Å². The lowest BCUT2D eigenvalue weighted by Gasteiger charge is -2.30. The first-order valence-electron chi connectivity index (χ1n) is 8.52. The zero-order valence-corrected chi connectivity index (χ0v) is 14.8. The molecule has 1 fully saturated rings. The first kappa shape index (κ1) is 17.8. The van der Waals surface area contributed by atoms with Gasteiger partial charge in [0, 0.05) is 22.9 Å². The molecule has 25 heavy (non-hydrogen) atoms. The Morgan fingerprint density at radius 3 is 2.76 bits per heavy atom. The number of nitrogens with one attached hydrogen (secondary N) is 1. The van der Waals surface area contributed by atoms with Gasteiger partial charge < -0.3 is 10.4 Å². The molecule has 2 aromatic rings. The normalized spacial score (nSPS) is 16.4. The van der Waals surface area contributed by atoms with E-state index in [0.717, 1.165) is 36.1 Å². The molecule has 1 heterocycles. The Morgan fingerprint density at radius 1 is 1.32 bits per heavy atom. The highest BCUT2D eigenvalue weighted by Crippen LogP contribution is 2.41. The molecule has 1 aliphatic carbocycles. The van der Waals surface area contributed by atoms with E-state index in [-0.39, 0.29) is 23.7 Å². The molecule has 1 aromatic carbocycles. The van der Waals surface area contributed by atoms with Crippen molar-refractivity contribution in [3.63, 3.8) is 0 Å². The lowest BCUT2D eigenvalue weighted by molar-refractivity contribution is -0.116. The average Bonchev–Trinajstić information content (AvgIpc) is 3.28. The van der Waals surface area contributed by atoms with Crippen LogP contribution in [0.5, 0.6) is 0 Å².